The molecule has 0 saturated carbocycles. The van der Waals surface area contributed by atoms with Gasteiger partial charge in [-0.15, -0.1) is 0 Å². The number of hydrogen-bond acceptors (Lipinski definition) is 2. The van der Waals surface area contributed by atoms with Crippen LogP contribution in [0, 0.1) is 0 Å². The summed E-state index contributed by atoms with van der Waals surface area (Å²) in [6, 6.07) is 14.5. The summed E-state index contributed by atoms with van der Waals surface area (Å²) in [7, 11) is 0. The predicted molar refractivity (Wildman–Crippen MR) is 75.3 cm³/mol. The second kappa shape index (κ2) is 6.26. The molecule has 1 aromatic heterocycles. The van der Waals surface area contributed by atoms with Crippen molar-refractivity contribution in [3.05, 3.63) is 48.7 Å². The molecule has 0 radical (unpaired) electrons. The first-order chi connectivity index (χ1) is 8.86. The number of nitrogens with zero attached hydrogens (tertiary/aromatic N) is 2. The highest BCUT2D eigenvalue weighted by atomic mass is 16.3. The van der Waals surface area contributed by atoms with E-state index in [-0.39, 0.29) is 6.61 Å². The van der Waals surface area contributed by atoms with Crippen LogP contribution >= 0.6 is 0 Å². The topological polar surface area (TPSA) is 28.4 Å². The molecular weight excluding hydrogens is 224 g/mol. The van der Waals surface area contributed by atoms with Gasteiger partial charge in [0.25, 0.3) is 0 Å². The maximum atomic E-state index is 9.11. The number of rotatable bonds is 6. The first-order valence-corrected chi connectivity index (χ1v) is 6.45. The lowest BCUT2D eigenvalue weighted by Gasteiger charge is -2.25. The van der Waals surface area contributed by atoms with Gasteiger partial charge in [-0.25, -0.2) is 0 Å². The fourth-order valence-electron chi connectivity index (χ4n) is 2.15. The summed E-state index contributed by atoms with van der Waals surface area (Å²) in [5.74, 6) is 1.14. The Morgan fingerprint density at radius 3 is 2.56 bits per heavy atom. The van der Waals surface area contributed by atoms with Crippen LogP contribution in [0.5, 0.6) is 0 Å². The van der Waals surface area contributed by atoms with Gasteiger partial charge in [-0.2, -0.15) is 0 Å². The third-order valence-electron chi connectivity index (χ3n) is 2.94. The van der Waals surface area contributed by atoms with Gasteiger partial charge in [0.05, 0.1) is 6.61 Å². The van der Waals surface area contributed by atoms with E-state index >= 15 is 0 Å². The number of para-hydroxylation sites is 1. The molecule has 0 bridgehead atoms. The van der Waals surface area contributed by atoms with E-state index < -0.39 is 0 Å². The van der Waals surface area contributed by atoms with Crippen molar-refractivity contribution in [2.75, 3.05) is 18.1 Å². The van der Waals surface area contributed by atoms with Crippen LogP contribution in [-0.4, -0.2) is 22.8 Å². The summed E-state index contributed by atoms with van der Waals surface area (Å²) in [5.41, 5.74) is 1.19. The van der Waals surface area contributed by atoms with Gasteiger partial charge in [0.15, 0.2) is 0 Å². The molecule has 2 rings (SSSR count). The molecule has 0 aliphatic carbocycles. The van der Waals surface area contributed by atoms with Gasteiger partial charge < -0.3 is 14.6 Å². The summed E-state index contributed by atoms with van der Waals surface area (Å²) < 4.78 is 2.09. The van der Waals surface area contributed by atoms with E-state index in [0.29, 0.717) is 6.54 Å². The summed E-state index contributed by atoms with van der Waals surface area (Å²) in [6.07, 6.45) is 3.09. The predicted octanol–water partition coefficient (Wildman–Crippen LogP) is 3.03. The van der Waals surface area contributed by atoms with E-state index in [1.54, 1.807) is 0 Å². The van der Waals surface area contributed by atoms with Crippen LogP contribution in [0.4, 0.5) is 11.5 Å². The van der Waals surface area contributed by atoms with E-state index in [1.807, 2.05) is 18.3 Å². The lowest BCUT2D eigenvalue weighted by atomic mass is 10.2. The van der Waals surface area contributed by atoms with E-state index in [9.17, 15) is 0 Å². The average Bonchev–Trinajstić information content (AvgIpc) is 2.85. The zero-order chi connectivity index (χ0) is 12.8. The van der Waals surface area contributed by atoms with Gasteiger partial charge in [0.1, 0.15) is 5.82 Å². The summed E-state index contributed by atoms with van der Waals surface area (Å²) in [6.45, 7) is 3.94. The number of anilines is 2. The molecule has 0 aliphatic heterocycles. The number of aliphatic hydroxyl groups is 1. The Morgan fingerprint density at radius 2 is 1.89 bits per heavy atom. The van der Waals surface area contributed by atoms with Crippen molar-refractivity contribution in [2.24, 2.45) is 0 Å². The number of aromatic nitrogens is 1. The molecule has 3 heteroatoms. The van der Waals surface area contributed by atoms with Gasteiger partial charge in [-0.05, 0) is 30.7 Å². The lowest BCUT2D eigenvalue weighted by Crippen LogP contribution is -2.21. The third kappa shape index (κ3) is 2.74. The minimum atomic E-state index is 0.163. The maximum absolute atomic E-state index is 9.11. The molecule has 0 fully saturated rings. The number of aliphatic hydroxyl groups excluding tert-OH is 1. The molecule has 0 saturated heterocycles. The first kappa shape index (κ1) is 12.7. The average molecular weight is 244 g/mol. The van der Waals surface area contributed by atoms with Crippen LogP contribution in [-0.2, 0) is 6.54 Å². The molecule has 0 atom stereocenters. The van der Waals surface area contributed by atoms with Crippen molar-refractivity contribution in [2.45, 2.75) is 19.9 Å². The third-order valence-corrected chi connectivity index (χ3v) is 2.94. The Kier molecular flexibility index (Phi) is 4.42. The van der Waals surface area contributed by atoms with Crippen LogP contribution in [0.3, 0.4) is 0 Å². The van der Waals surface area contributed by atoms with Crippen LogP contribution < -0.4 is 4.90 Å². The van der Waals surface area contributed by atoms with Crippen molar-refractivity contribution in [3.63, 3.8) is 0 Å². The molecule has 3 nitrogen and oxygen atoms in total. The SMILES string of the molecule is CCCN(c1ccccc1)c1cccn1CCO. The van der Waals surface area contributed by atoms with Crippen LogP contribution in [0.2, 0.25) is 0 Å². The molecule has 0 spiro atoms. The Bertz CT molecular complexity index is 464. The quantitative estimate of drug-likeness (QED) is 0.846. The molecule has 1 N–H and O–H groups in total. The van der Waals surface area contributed by atoms with Gasteiger partial charge in [0, 0.05) is 25.0 Å². The lowest BCUT2D eigenvalue weighted by molar-refractivity contribution is 0.276. The molecule has 2 aromatic rings. The molecule has 0 aliphatic rings. The van der Waals surface area contributed by atoms with E-state index in [2.05, 4.69) is 46.7 Å². The van der Waals surface area contributed by atoms with Crippen molar-refractivity contribution < 1.29 is 5.11 Å². The first-order valence-electron chi connectivity index (χ1n) is 6.45. The van der Waals surface area contributed by atoms with Gasteiger partial charge in [-0.3, -0.25) is 0 Å². The maximum Gasteiger partial charge on any atom is 0.113 e. The molecule has 0 amide bonds. The normalized spacial score (nSPS) is 10.6. The van der Waals surface area contributed by atoms with Gasteiger partial charge >= 0.3 is 0 Å². The van der Waals surface area contributed by atoms with E-state index in [1.165, 1.54) is 5.69 Å². The van der Waals surface area contributed by atoms with E-state index in [4.69, 9.17) is 5.11 Å². The molecular formula is C15H20N2O. The molecule has 96 valence electrons. The van der Waals surface area contributed by atoms with Crippen molar-refractivity contribution in [3.8, 4) is 0 Å². The standard InChI is InChI=1S/C15H20N2O/c1-2-10-17(14-7-4-3-5-8-14)15-9-6-11-16(15)12-13-18/h3-9,11,18H,2,10,12-13H2,1H3. The van der Waals surface area contributed by atoms with Gasteiger partial charge in [0.2, 0.25) is 0 Å². The highest BCUT2D eigenvalue weighted by molar-refractivity contribution is 5.60. The highest BCUT2D eigenvalue weighted by Crippen LogP contribution is 2.25. The summed E-state index contributed by atoms with van der Waals surface area (Å²) in [5, 5.41) is 9.11. The smallest absolute Gasteiger partial charge is 0.113 e. The van der Waals surface area contributed by atoms with Crippen LogP contribution in [0.1, 0.15) is 13.3 Å². The fraction of sp³-hybridized carbons (Fsp3) is 0.333. The highest BCUT2D eigenvalue weighted by Gasteiger charge is 2.11. The zero-order valence-electron chi connectivity index (χ0n) is 10.8. The molecule has 1 heterocycles. The zero-order valence-corrected chi connectivity index (χ0v) is 10.8. The largest absolute Gasteiger partial charge is 0.395 e. The van der Waals surface area contributed by atoms with Crippen LogP contribution in [0.15, 0.2) is 48.7 Å². The van der Waals surface area contributed by atoms with Gasteiger partial charge in [-0.1, -0.05) is 25.1 Å². The minimum absolute atomic E-state index is 0.163. The number of hydrogen-bond donors (Lipinski definition) is 1. The minimum Gasteiger partial charge on any atom is -0.395 e. The summed E-state index contributed by atoms with van der Waals surface area (Å²) in [4.78, 5) is 2.29. The second-order valence-corrected chi connectivity index (χ2v) is 4.27. The Hall–Kier alpha value is -1.74. The second-order valence-electron chi connectivity index (χ2n) is 4.27. The molecule has 18 heavy (non-hydrogen) atoms. The van der Waals surface area contributed by atoms with Crippen molar-refractivity contribution in [1.29, 1.82) is 0 Å². The molecule has 0 unspecified atom stereocenters. The Morgan fingerprint density at radius 1 is 1.11 bits per heavy atom. The van der Waals surface area contributed by atoms with E-state index in [0.717, 1.165) is 18.8 Å². The monoisotopic (exact) mass is 244 g/mol. The summed E-state index contributed by atoms with van der Waals surface area (Å²) >= 11 is 0. The molecule has 1 aromatic carbocycles. The number of benzene rings is 1. The fourth-order valence-corrected chi connectivity index (χ4v) is 2.15. The van der Waals surface area contributed by atoms with Crippen LogP contribution in [0.25, 0.3) is 0 Å². The Labute approximate surface area is 108 Å². The van der Waals surface area contributed by atoms with Crippen molar-refractivity contribution >= 4 is 11.5 Å². The van der Waals surface area contributed by atoms with Crippen molar-refractivity contribution in [1.82, 2.24) is 4.57 Å². The Balaban J connectivity index is 2.32.